The van der Waals surface area contributed by atoms with Crippen LogP contribution in [0.3, 0.4) is 0 Å². The van der Waals surface area contributed by atoms with E-state index in [1.54, 1.807) is 12.4 Å². The summed E-state index contributed by atoms with van der Waals surface area (Å²) in [7, 11) is 0. The normalized spacial score (nSPS) is 17.4. The molecule has 0 spiro atoms. The molecule has 4 rings (SSSR count). The predicted molar refractivity (Wildman–Crippen MR) is 129 cm³/mol. The Labute approximate surface area is 196 Å². The van der Waals surface area contributed by atoms with Crippen molar-refractivity contribution < 1.29 is 13.9 Å². The van der Waals surface area contributed by atoms with Gasteiger partial charge in [0, 0.05) is 27.3 Å². The van der Waals surface area contributed by atoms with Gasteiger partial charge in [-0.25, -0.2) is 4.98 Å². The number of ketones is 1. The first-order valence-electron chi connectivity index (χ1n) is 10.2. The highest BCUT2D eigenvalue weighted by atomic mass is 127. The van der Waals surface area contributed by atoms with Gasteiger partial charge in [0.2, 0.25) is 5.89 Å². The molecule has 2 aromatic carbocycles. The number of fused-ring (bicyclic) bond motifs is 1. The molecule has 1 N–H and O–H groups in total. The molecule has 160 valence electrons. The second-order valence-electron chi connectivity index (χ2n) is 8.77. The van der Waals surface area contributed by atoms with Crippen LogP contribution in [-0.4, -0.2) is 22.4 Å². The van der Waals surface area contributed by atoms with Crippen LogP contribution in [-0.2, 0) is 6.42 Å². The second kappa shape index (κ2) is 8.49. The molecule has 1 aliphatic heterocycles. The van der Waals surface area contributed by atoms with Crippen LogP contribution in [0.2, 0.25) is 0 Å². The summed E-state index contributed by atoms with van der Waals surface area (Å²) in [5.74, 6) is 1.81. The molecule has 5 nitrogen and oxygen atoms in total. The van der Waals surface area contributed by atoms with Crippen molar-refractivity contribution in [3.05, 3.63) is 80.9 Å². The Morgan fingerprint density at radius 2 is 1.90 bits per heavy atom. The molecule has 1 atom stereocenters. The topological polar surface area (TPSA) is 64.4 Å². The average Bonchev–Trinajstić information content (AvgIpc) is 3.16. The number of nitrogens with zero attached hydrogens (tertiary/aromatic N) is 1. The first kappa shape index (κ1) is 21.6. The van der Waals surface area contributed by atoms with Gasteiger partial charge in [-0.15, -0.1) is 0 Å². The molecule has 0 amide bonds. The van der Waals surface area contributed by atoms with Gasteiger partial charge in [-0.2, -0.15) is 0 Å². The van der Waals surface area contributed by atoms with Gasteiger partial charge < -0.3 is 14.5 Å². The smallest absolute Gasteiger partial charge is 0.226 e. The van der Waals surface area contributed by atoms with E-state index in [-0.39, 0.29) is 11.3 Å². The number of nitrogens with one attached hydrogen (secondary N) is 1. The molecule has 2 heterocycles. The minimum absolute atomic E-state index is 0.0240. The zero-order valence-corrected chi connectivity index (χ0v) is 20.2. The molecule has 1 unspecified atom stereocenters. The molecular formula is C25H25IN2O3. The highest BCUT2D eigenvalue weighted by Gasteiger charge is 2.33. The Bertz CT molecular complexity index is 1140. The summed E-state index contributed by atoms with van der Waals surface area (Å²) < 4.78 is 13.4. The van der Waals surface area contributed by atoms with Gasteiger partial charge in [0.1, 0.15) is 17.6 Å². The van der Waals surface area contributed by atoms with E-state index in [0.717, 1.165) is 14.7 Å². The summed E-state index contributed by atoms with van der Waals surface area (Å²) in [6, 6.07) is 13.7. The zero-order valence-electron chi connectivity index (χ0n) is 18.0. The lowest BCUT2D eigenvalue weighted by Crippen LogP contribution is -2.37. The Kier molecular flexibility index (Phi) is 5.92. The van der Waals surface area contributed by atoms with Crippen LogP contribution in [0, 0.1) is 10.5 Å². The third kappa shape index (κ3) is 5.01. The van der Waals surface area contributed by atoms with E-state index in [0.29, 0.717) is 35.0 Å². The van der Waals surface area contributed by atoms with Crippen LogP contribution in [0.5, 0.6) is 5.75 Å². The summed E-state index contributed by atoms with van der Waals surface area (Å²) in [5.41, 5.74) is 2.94. The molecule has 0 bridgehead atoms. The van der Waals surface area contributed by atoms with E-state index < -0.39 is 6.10 Å². The number of benzene rings is 2. The van der Waals surface area contributed by atoms with Crippen LogP contribution in [0.4, 0.5) is 0 Å². The Balaban J connectivity index is 1.64. The molecule has 0 aliphatic carbocycles. The van der Waals surface area contributed by atoms with Crippen molar-refractivity contribution in [1.82, 2.24) is 10.3 Å². The number of oxazole rings is 1. The van der Waals surface area contributed by atoms with Gasteiger partial charge in [0.05, 0.1) is 17.3 Å². The van der Waals surface area contributed by atoms with Gasteiger partial charge in [0.15, 0.2) is 5.78 Å². The number of aryl methyl sites for hydroxylation is 1. The molecule has 3 aromatic rings. The number of halogens is 1. The second-order valence-corrected chi connectivity index (χ2v) is 10.0. The molecule has 0 saturated heterocycles. The molecule has 31 heavy (non-hydrogen) atoms. The predicted octanol–water partition coefficient (Wildman–Crippen LogP) is 5.71. The van der Waals surface area contributed by atoms with Crippen molar-refractivity contribution in [1.29, 1.82) is 0 Å². The lowest BCUT2D eigenvalue weighted by Gasteiger charge is -2.29. The van der Waals surface area contributed by atoms with Gasteiger partial charge in [-0.3, -0.25) is 4.79 Å². The quantitative estimate of drug-likeness (QED) is 0.347. The minimum Gasteiger partial charge on any atom is -0.484 e. The summed E-state index contributed by atoms with van der Waals surface area (Å²) >= 11 is 2.27. The number of aromatic nitrogens is 1. The molecule has 1 aromatic heterocycles. The number of carbonyl (C=O) groups excluding carboxylic acids is 1. The van der Waals surface area contributed by atoms with Crippen molar-refractivity contribution in [3.8, 4) is 17.2 Å². The van der Waals surface area contributed by atoms with E-state index in [1.807, 2.05) is 49.4 Å². The molecule has 6 heteroatoms. The Morgan fingerprint density at radius 3 is 2.61 bits per heavy atom. The van der Waals surface area contributed by atoms with Crippen LogP contribution in [0.25, 0.3) is 11.5 Å². The Morgan fingerprint density at radius 1 is 1.16 bits per heavy atom. The van der Waals surface area contributed by atoms with Crippen LogP contribution >= 0.6 is 22.6 Å². The van der Waals surface area contributed by atoms with E-state index in [9.17, 15) is 4.79 Å². The van der Waals surface area contributed by atoms with E-state index in [1.165, 1.54) is 0 Å². The van der Waals surface area contributed by atoms with Crippen LogP contribution in [0.1, 0.15) is 42.5 Å². The van der Waals surface area contributed by atoms with Crippen LogP contribution < -0.4 is 10.1 Å². The van der Waals surface area contributed by atoms with Crippen LogP contribution in [0.15, 0.2) is 64.9 Å². The summed E-state index contributed by atoms with van der Waals surface area (Å²) in [6.45, 7) is 8.12. The molecule has 0 saturated carbocycles. The average molecular weight is 528 g/mol. The third-order valence-corrected chi connectivity index (χ3v) is 5.67. The number of hydrogen-bond acceptors (Lipinski definition) is 5. The van der Waals surface area contributed by atoms with E-state index in [4.69, 9.17) is 9.15 Å². The maximum Gasteiger partial charge on any atom is 0.226 e. The summed E-state index contributed by atoms with van der Waals surface area (Å²) in [5, 5.41) is 3.31. The third-order valence-electron chi connectivity index (χ3n) is 4.95. The van der Waals surface area contributed by atoms with Gasteiger partial charge >= 0.3 is 0 Å². The first-order valence-corrected chi connectivity index (χ1v) is 11.3. The summed E-state index contributed by atoms with van der Waals surface area (Å²) in [4.78, 5) is 17.7. The van der Waals surface area contributed by atoms with Crippen molar-refractivity contribution in [2.24, 2.45) is 0 Å². The number of rotatable bonds is 4. The largest absolute Gasteiger partial charge is 0.484 e. The fourth-order valence-corrected chi connectivity index (χ4v) is 3.72. The van der Waals surface area contributed by atoms with Crippen molar-refractivity contribution >= 4 is 28.4 Å². The van der Waals surface area contributed by atoms with E-state index in [2.05, 4.69) is 53.7 Å². The molecule has 0 fully saturated rings. The number of ether oxygens (including phenoxy) is 1. The van der Waals surface area contributed by atoms with Crippen molar-refractivity contribution in [3.63, 3.8) is 0 Å². The molecule has 0 radical (unpaired) electrons. The van der Waals surface area contributed by atoms with Crippen molar-refractivity contribution in [2.75, 3.05) is 0 Å². The maximum absolute atomic E-state index is 13.3. The Hall–Kier alpha value is -2.61. The van der Waals surface area contributed by atoms with Crippen molar-refractivity contribution in [2.45, 2.75) is 45.8 Å². The molecular weight excluding hydrogens is 503 g/mol. The summed E-state index contributed by atoms with van der Waals surface area (Å²) in [6.07, 6.45) is 3.44. The monoisotopic (exact) mass is 528 g/mol. The van der Waals surface area contributed by atoms with Gasteiger partial charge in [-0.05, 0) is 86.7 Å². The van der Waals surface area contributed by atoms with Gasteiger partial charge in [0.25, 0.3) is 0 Å². The lowest BCUT2D eigenvalue weighted by atomic mass is 9.92. The first-order chi connectivity index (χ1) is 14.7. The fraction of sp³-hybridized carbons (Fsp3) is 0.280. The van der Waals surface area contributed by atoms with Gasteiger partial charge in [-0.1, -0.05) is 11.6 Å². The highest BCUT2D eigenvalue weighted by molar-refractivity contribution is 14.1. The molecule has 1 aliphatic rings. The SMILES string of the molecule is Cc1ccc2c(c1)C(=O)/C(=C\NC(C)(C)C)C(Cc1cnc(-c3ccc(I)cc3)o1)O2. The number of hydrogen-bond donors (Lipinski definition) is 1. The fourth-order valence-electron chi connectivity index (χ4n) is 3.36. The van der Waals surface area contributed by atoms with E-state index >= 15 is 0 Å². The standard InChI is InChI=1S/C25H25IN2O3/c1-15-5-10-21-19(11-15)23(29)20(14-28-25(2,3)4)22(31-21)12-18-13-27-24(30-18)16-6-8-17(26)9-7-16/h5-11,13-14,22,28H,12H2,1-4H3/b20-14-. The number of carbonyl (C=O) groups is 1. The highest BCUT2D eigenvalue weighted by Crippen LogP contribution is 2.33. The lowest BCUT2D eigenvalue weighted by molar-refractivity contribution is 0.0956. The zero-order chi connectivity index (χ0) is 22.2. The maximum atomic E-state index is 13.3. The number of Topliss-reactive ketones (excluding diaryl/α,β-unsaturated/α-hetero) is 1. The minimum atomic E-state index is -0.463.